The van der Waals surface area contributed by atoms with Crippen LogP contribution in [0.15, 0.2) is 40.2 Å². The molecule has 72 valence electrons. The van der Waals surface area contributed by atoms with Crippen LogP contribution in [-0.4, -0.2) is 4.37 Å². The summed E-state index contributed by atoms with van der Waals surface area (Å²) in [5, 5.41) is 1.90. The van der Waals surface area contributed by atoms with Gasteiger partial charge in [0.15, 0.2) is 0 Å². The van der Waals surface area contributed by atoms with Crippen LogP contribution in [0.4, 0.5) is 0 Å². The van der Waals surface area contributed by atoms with Crippen LogP contribution in [0.1, 0.15) is 5.56 Å². The molecule has 0 aliphatic rings. The lowest BCUT2D eigenvalue weighted by Gasteiger charge is -2.02. The van der Waals surface area contributed by atoms with Crippen LogP contribution in [0.25, 0.3) is 0 Å². The third-order valence-electron chi connectivity index (χ3n) is 1.71. The van der Waals surface area contributed by atoms with Gasteiger partial charge in [-0.3, -0.25) is 0 Å². The van der Waals surface area contributed by atoms with Crippen molar-refractivity contribution < 1.29 is 4.74 Å². The number of benzene rings is 1. The van der Waals surface area contributed by atoms with Crippen molar-refractivity contribution in [3.05, 3.63) is 45.7 Å². The van der Waals surface area contributed by atoms with Crippen LogP contribution >= 0.6 is 27.5 Å². The van der Waals surface area contributed by atoms with Gasteiger partial charge in [0.2, 0.25) is 5.88 Å². The Bertz CT molecular complexity index is 402. The van der Waals surface area contributed by atoms with Crippen molar-refractivity contribution in [2.75, 3.05) is 0 Å². The van der Waals surface area contributed by atoms with Gasteiger partial charge in [0.05, 0.1) is 4.47 Å². The maximum absolute atomic E-state index is 5.52. The lowest BCUT2D eigenvalue weighted by Crippen LogP contribution is -1.95. The van der Waals surface area contributed by atoms with Gasteiger partial charge in [-0.2, -0.15) is 4.37 Å². The molecule has 0 amide bonds. The van der Waals surface area contributed by atoms with E-state index in [2.05, 4.69) is 20.3 Å². The third kappa shape index (κ3) is 2.33. The topological polar surface area (TPSA) is 22.1 Å². The molecular weight excluding hydrogens is 262 g/mol. The first kappa shape index (κ1) is 9.68. The lowest BCUT2D eigenvalue weighted by atomic mass is 10.2. The first-order valence-corrected chi connectivity index (χ1v) is 5.76. The highest BCUT2D eigenvalue weighted by molar-refractivity contribution is 9.10. The Labute approximate surface area is 94.8 Å². The summed E-state index contributed by atoms with van der Waals surface area (Å²) in [4.78, 5) is 0. The number of nitrogens with zero attached hydrogens (tertiary/aromatic N) is 1. The van der Waals surface area contributed by atoms with Gasteiger partial charge in [0, 0.05) is 5.38 Å². The monoisotopic (exact) mass is 269 g/mol. The van der Waals surface area contributed by atoms with Crippen LogP contribution in [0.5, 0.6) is 5.88 Å². The number of ether oxygens (including phenoxy) is 1. The fourth-order valence-corrected chi connectivity index (χ4v) is 2.10. The van der Waals surface area contributed by atoms with Crippen LogP contribution < -0.4 is 4.74 Å². The van der Waals surface area contributed by atoms with Gasteiger partial charge in [0.25, 0.3) is 0 Å². The quantitative estimate of drug-likeness (QED) is 0.851. The van der Waals surface area contributed by atoms with E-state index in [0.29, 0.717) is 12.5 Å². The number of aromatic nitrogens is 1. The second kappa shape index (κ2) is 4.57. The minimum Gasteiger partial charge on any atom is -0.471 e. The van der Waals surface area contributed by atoms with Gasteiger partial charge in [-0.15, -0.1) is 0 Å². The summed E-state index contributed by atoms with van der Waals surface area (Å²) in [7, 11) is 0. The summed E-state index contributed by atoms with van der Waals surface area (Å²) < 4.78 is 10.5. The lowest BCUT2D eigenvalue weighted by molar-refractivity contribution is 0.295. The first-order valence-electron chi connectivity index (χ1n) is 4.13. The van der Waals surface area contributed by atoms with E-state index in [0.717, 1.165) is 10.0 Å². The molecule has 0 aliphatic heterocycles. The van der Waals surface area contributed by atoms with Crippen LogP contribution in [0, 0.1) is 0 Å². The Morgan fingerprint density at radius 2 is 2.07 bits per heavy atom. The predicted octanol–water partition coefficient (Wildman–Crippen LogP) is 3.48. The number of halogens is 1. The molecule has 0 spiro atoms. The standard InChI is InChI=1S/C10H8BrNOS/c11-9-7-14-12-10(9)13-6-8-4-2-1-3-5-8/h1-5,7H,6H2. The molecule has 0 unspecified atom stereocenters. The fourth-order valence-electron chi connectivity index (χ4n) is 1.04. The van der Waals surface area contributed by atoms with Crippen molar-refractivity contribution >= 4 is 27.5 Å². The highest BCUT2D eigenvalue weighted by atomic mass is 79.9. The van der Waals surface area contributed by atoms with E-state index in [4.69, 9.17) is 4.74 Å². The summed E-state index contributed by atoms with van der Waals surface area (Å²) >= 11 is 4.74. The van der Waals surface area contributed by atoms with E-state index >= 15 is 0 Å². The number of hydrogen-bond donors (Lipinski definition) is 0. The minimum absolute atomic E-state index is 0.559. The summed E-state index contributed by atoms with van der Waals surface area (Å²) in [5.74, 6) is 0.666. The molecule has 2 aromatic rings. The maximum Gasteiger partial charge on any atom is 0.240 e. The molecule has 0 bridgehead atoms. The van der Waals surface area contributed by atoms with Crippen molar-refractivity contribution in [3.8, 4) is 5.88 Å². The van der Waals surface area contributed by atoms with Gasteiger partial charge in [-0.05, 0) is 33.0 Å². The van der Waals surface area contributed by atoms with Crippen LogP contribution in [0.2, 0.25) is 0 Å². The molecule has 0 atom stereocenters. The summed E-state index contributed by atoms with van der Waals surface area (Å²) in [6.45, 7) is 0.559. The van der Waals surface area contributed by atoms with E-state index in [-0.39, 0.29) is 0 Å². The van der Waals surface area contributed by atoms with E-state index < -0.39 is 0 Å². The van der Waals surface area contributed by atoms with Crippen molar-refractivity contribution in [3.63, 3.8) is 0 Å². The molecule has 0 radical (unpaired) electrons. The molecular formula is C10H8BrNOS. The van der Waals surface area contributed by atoms with Gasteiger partial charge < -0.3 is 4.74 Å². The summed E-state index contributed by atoms with van der Waals surface area (Å²) in [6.07, 6.45) is 0. The van der Waals surface area contributed by atoms with Crippen LogP contribution in [0.3, 0.4) is 0 Å². The average molecular weight is 270 g/mol. The van der Waals surface area contributed by atoms with Gasteiger partial charge in [0.1, 0.15) is 6.61 Å². The third-order valence-corrected chi connectivity index (χ3v) is 3.20. The fraction of sp³-hybridized carbons (Fsp3) is 0.100. The molecule has 4 heteroatoms. The van der Waals surface area contributed by atoms with E-state index in [9.17, 15) is 0 Å². The summed E-state index contributed by atoms with van der Waals surface area (Å²) in [6, 6.07) is 10.0. The smallest absolute Gasteiger partial charge is 0.240 e. The molecule has 0 saturated heterocycles. The normalized spacial score (nSPS) is 10.1. The molecule has 2 rings (SSSR count). The minimum atomic E-state index is 0.559. The van der Waals surface area contributed by atoms with E-state index in [1.165, 1.54) is 11.5 Å². The van der Waals surface area contributed by atoms with Gasteiger partial charge in [-0.1, -0.05) is 30.3 Å². The average Bonchev–Trinajstić information content (AvgIpc) is 2.63. The zero-order valence-corrected chi connectivity index (χ0v) is 9.72. The van der Waals surface area contributed by atoms with Crippen molar-refractivity contribution in [1.82, 2.24) is 4.37 Å². The number of hydrogen-bond acceptors (Lipinski definition) is 3. The van der Waals surface area contributed by atoms with E-state index in [1.54, 1.807) is 0 Å². The predicted molar refractivity (Wildman–Crippen MR) is 60.6 cm³/mol. The van der Waals surface area contributed by atoms with Gasteiger partial charge >= 0.3 is 0 Å². The van der Waals surface area contributed by atoms with E-state index in [1.807, 2.05) is 35.7 Å². The molecule has 0 fully saturated rings. The molecule has 0 N–H and O–H groups in total. The van der Waals surface area contributed by atoms with Crippen molar-refractivity contribution in [1.29, 1.82) is 0 Å². The van der Waals surface area contributed by atoms with Crippen molar-refractivity contribution in [2.45, 2.75) is 6.61 Å². The zero-order chi connectivity index (χ0) is 9.80. The molecule has 1 aromatic carbocycles. The Balaban J connectivity index is 1.99. The maximum atomic E-state index is 5.52. The van der Waals surface area contributed by atoms with Crippen molar-refractivity contribution in [2.24, 2.45) is 0 Å². The first-order chi connectivity index (χ1) is 6.86. The highest BCUT2D eigenvalue weighted by Crippen LogP contribution is 2.25. The second-order valence-electron chi connectivity index (χ2n) is 2.74. The molecule has 0 aliphatic carbocycles. The van der Waals surface area contributed by atoms with Crippen LogP contribution in [-0.2, 0) is 6.61 Å². The molecule has 14 heavy (non-hydrogen) atoms. The summed E-state index contributed by atoms with van der Waals surface area (Å²) in [5.41, 5.74) is 1.15. The largest absolute Gasteiger partial charge is 0.471 e. The Morgan fingerprint density at radius 3 is 2.71 bits per heavy atom. The Kier molecular flexibility index (Phi) is 3.16. The molecule has 1 aromatic heterocycles. The molecule has 2 nitrogen and oxygen atoms in total. The Hall–Kier alpha value is -0.870. The van der Waals surface area contributed by atoms with Gasteiger partial charge in [-0.25, -0.2) is 0 Å². The molecule has 1 heterocycles. The molecule has 0 saturated carbocycles. The second-order valence-corrected chi connectivity index (χ2v) is 4.23. The highest BCUT2D eigenvalue weighted by Gasteiger charge is 2.03. The number of rotatable bonds is 3. The zero-order valence-electron chi connectivity index (χ0n) is 7.31. The Morgan fingerprint density at radius 1 is 1.29 bits per heavy atom. The SMILES string of the molecule is Brc1csnc1OCc1ccccc1.